The number of piperidine rings is 1. The molecule has 2 amide bonds. The maximum Gasteiger partial charge on any atom is 0.264 e. The molecule has 0 aliphatic carbocycles. The number of carbonyl (C=O) groups excluding carboxylic acids is 2. The lowest BCUT2D eigenvalue weighted by Crippen LogP contribution is -2.52. The highest BCUT2D eigenvalue weighted by atomic mass is 32.1. The van der Waals surface area contributed by atoms with E-state index in [0.29, 0.717) is 6.54 Å². The summed E-state index contributed by atoms with van der Waals surface area (Å²) >= 11 is 1.44. The molecule has 1 saturated heterocycles. The van der Waals surface area contributed by atoms with Gasteiger partial charge in [-0.3, -0.25) is 9.59 Å². The number of likely N-dealkylation sites (tertiary alicyclic amines) is 1. The quantitative estimate of drug-likeness (QED) is 0.839. The summed E-state index contributed by atoms with van der Waals surface area (Å²) in [5, 5.41) is 1.90. The van der Waals surface area contributed by atoms with Crippen LogP contribution in [0, 0.1) is 0 Å². The van der Waals surface area contributed by atoms with Crippen LogP contribution < -0.4 is 0 Å². The molecule has 0 spiro atoms. The molecule has 0 aromatic carbocycles. The van der Waals surface area contributed by atoms with Crippen LogP contribution in [0.5, 0.6) is 0 Å². The number of rotatable bonds is 5. The highest BCUT2D eigenvalue weighted by molar-refractivity contribution is 7.12. The second kappa shape index (κ2) is 7.59. The van der Waals surface area contributed by atoms with Gasteiger partial charge in [0.2, 0.25) is 5.91 Å². The number of hydrogen-bond acceptors (Lipinski definition) is 3. The fourth-order valence-electron chi connectivity index (χ4n) is 2.73. The van der Waals surface area contributed by atoms with Gasteiger partial charge < -0.3 is 9.80 Å². The van der Waals surface area contributed by atoms with Crippen LogP contribution in [0.15, 0.2) is 17.5 Å². The Morgan fingerprint density at radius 2 is 2.24 bits per heavy atom. The molecular formula is C16H24N2O2S. The summed E-state index contributed by atoms with van der Waals surface area (Å²) in [6, 6.07) is 3.44. The second-order valence-corrected chi connectivity index (χ2v) is 6.55. The minimum absolute atomic E-state index is 0.00643. The number of nitrogens with zero attached hydrogens (tertiary/aromatic N) is 2. The van der Waals surface area contributed by atoms with E-state index >= 15 is 0 Å². The Kier molecular flexibility index (Phi) is 5.79. The van der Waals surface area contributed by atoms with Crippen molar-refractivity contribution in [3.63, 3.8) is 0 Å². The van der Waals surface area contributed by atoms with Crippen LogP contribution in [0.2, 0.25) is 0 Å². The molecule has 1 unspecified atom stereocenters. The van der Waals surface area contributed by atoms with Gasteiger partial charge in [0.05, 0.1) is 4.88 Å². The van der Waals surface area contributed by atoms with Gasteiger partial charge in [-0.1, -0.05) is 19.4 Å². The molecular weight excluding hydrogens is 284 g/mol. The zero-order valence-electron chi connectivity index (χ0n) is 12.9. The first-order chi connectivity index (χ1) is 10.1. The third kappa shape index (κ3) is 3.84. The van der Waals surface area contributed by atoms with E-state index < -0.39 is 0 Å². The summed E-state index contributed by atoms with van der Waals surface area (Å²) in [6.45, 7) is 3.58. The van der Waals surface area contributed by atoms with E-state index in [9.17, 15) is 9.59 Å². The molecule has 0 radical (unpaired) electrons. The smallest absolute Gasteiger partial charge is 0.264 e. The second-order valence-electron chi connectivity index (χ2n) is 5.60. The molecule has 21 heavy (non-hydrogen) atoms. The topological polar surface area (TPSA) is 40.6 Å². The zero-order chi connectivity index (χ0) is 15.2. The molecule has 1 aliphatic rings. The first kappa shape index (κ1) is 16.0. The molecule has 2 heterocycles. The Balaban J connectivity index is 2.08. The Labute approximate surface area is 130 Å². The number of hydrogen-bond donors (Lipinski definition) is 0. The fraction of sp³-hybridized carbons (Fsp3) is 0.625. The molecule has 116 valence electrons. The molecule has 1 aromatic heterocycles. The number of amides is 2. The molecule has 1 aliphatic heterocycles. The van der Waals surface area contributed by atoms with E-state index in [-0.39, 0.29) is 17.9 Å². The van der Waals surface area contributed by atoms with Crippen LogP contribution in [0.3, 0.4) is 0 Å². The van der Waals surface area contributed by atoms with Crippen molar-refractivity contribution in [1.29, 1.82) is 0 Å². The zero-order valence-corrected chi connectivity index (χ0v) is 13.7. The predicted molar refractivity (Wildman–Crippen MR) is 85.5 cm³/mol. The molecule has 2 rings (SSSR count). The van der Waals surface area contributed by atoms with Crippen molar-refractivity contribution in [3.8, 4) is 0 Å². The van der Waals surface area contributed by atoms with Crippen molar-refractivity contribution < 1.29 is 9.59 Å². The number of unbranched alkanes of at least 4 members (excludes halogenated alkanes) is 1. The highest BCUT2D eigenvalue weighted by Gasteiger charge is 2.34. The molecule has 0 bridgehead atoms. The van der Waals surface area contributed by atoms with Gasteiger partial charge in [0.15, 0.2) is 0 Å². The lowest BCUT2D eigenvalue weighted by molar-refractivity contribution is -0.135. The summed E-state index contributed by atoms with van der Waals surface area (Å²) in [7, 11) is 1.85. The van der Waals surface area contributed by atoms with Gasteiger partial charge in [0.25, 0.3) is 5.91 Å². The van der Waals surface area contributed by atoms with Crippen LogP contribution in [0.4, 0.5) is 0 Å². The highest BCUT2D eigenvalue weighted by Crippen LogP contribution is 2.23. The Hall–Kier alpha value is -1.36. The van der Waals surface area contributed by atoms with E-state index in [1.165, 1.54) is 11.3 Å². The van der Waals surface area contributed by atoms with Crippen LogP contribution >= 0.6 is 11.3 Å². The lowest BCUT2D eigenvalue weighted by Gasteiger charge is -2.36. The van der Waals surface area contributed by atoms with Gasteiger partial charge in [0, 0.05) is 20.1 Å². The van der Waals surface area contributed by atoms with E-state index in [0.717, 1.165) is 43.5 Å². The van der Waals surface area contributed by atoms with Gasteiger partial charge >= 0.3 is 0 Å². The van der Waals surface area contributed by atoms with Gasteiger partial charge in [-0.15, -0.1) is 11.3 Å². The molecule has 5 heteroatoms. The monoisotopic (exact) mass is 308 g/mol. The van der Waals surface area contributed by atoms with Gasteiger partial charge in [0.1, 0.15) is 6.04 Å². The Morgan fingerprint density at radius 3 is 2.90 bits per heavy atom. The maximum atomic E-state index is 12.6. The minimum Gasteiger partial charge on any atom is -0.344 e. The first-order valence-electron chi connectivity index (χ1n) is 7.74. The minimum atomic E-state index is -0.282. The SMILES string of the molecule is CCCCN(C)C(=O)C1CCCCN1C(=O)c1cccs1. The fourth-order valence-corrected chi connectivity index (χ4v) is 3.41. The maximum absolute atomic E-state index is 12.6. The summed E-state index contributed by atoms with van der Waals surface area (Å²) in [5.74, 6) is 0.0972. The first-order valence-corrected chi connectivity index (χ1v) is 8.62. The molecule has 1 aromatic rings. The molecule has 4 nitrogen and oxygen atoms in total. The summed E-state index contributed by atoms with van der Waals surface area (Å²) < 4.78 is 0. The van der Waals surface area contributed by atoms with Crippen molar-refractivity contribution >= 4 is 23.2 Å². The molecule has 0 saturated carbocycles. The largest absolute Gasteiger partial charge is 0.344 e. The normalized spacial score (nSPS) is 18.6. The third-order valence-electron chi connectivity index (χ3n) is 4.00. The predicted octanol–water partition coefficient (Wildman–Crippen LogP) is 3.00. The van der Waals surface area contributed by atoms with Crippen molar-refractivity contribution in [3.05, 3.63) is 22.4 Å². The number of likely N-dealkylation sites (N-methyl/N-ethyl adjacent to an activating group) is 1. The van der Waals surface area contributed by atoms with Crippen molar-refractivity contribution in [2.24, 2.45) is 0 Å². The average molecular weight is 308 g/mol. The van der Waals surface area contributed by atoms with Gasteiger partial charge in [-0.05, 0) is 37.1 Å². The van der Waals surface area contributed by atoms with E-state index in [4.69, 9.17) is 0 Å². The van der Waals surface area contributed by atoms with Crippen molar-refractivity contribution in [2.75, 3.05) is 20.1 Å². The molecule has 1 atom stereocenters. The Bertz CT molecular complexity index is 473. The summed E-state index contributed by atoms with van der Waals surface area (Å²) in [4.78, 5) is 29.5. The standard InChI is InChI=1S/C16H24N2O2S/c1-3-4-10-17(2)15(19)13-8-5-6-11-18(13)16(20)14-9-7-12-21-14/h7,9,12-13H,3-6,8,10-11H2,1-2H3. The van der Waals surface area contributed by atoms with Gasteiger partial charge in [-0.25, -0.2) is 0 Å². The van der Waals surface area contributed by atoms with E-state index in [2.05, 4.69) is 6.92 Å². The van der Waals surface area contributed by atoms with Gasteiger partial charge in [-0.2, -0.15) is 0 Å². The molecule has 0 N–H and O–H groups in total. The lowest BCUT2D eigenvalue weighted by atomic mass is 10.0. The molecule has 1 fully saturated rings. The van der Waals surface area contributed by atoms with Crippen LogP contribution in [0.1, 0.15) is 48.7 Å². The summed E-state index contributed by atoms with van der Waals surface area (Å²) in [5.41, 5.74) is 0. The summed E-state index contributed by atoms with van der Waals surface area (Å²) in [6.07, 6.45) is 4.87. The van der Waals surface area contributed by atoms with Crippen molar-refractivity contribution in [2.45, 2.75) is 45.1 Å². The third-order valence-corrected chi connectivity index (χ3v) is 4.86. The van der Waals surface area contributed by atoms with E-state index in [1.54, 1.807) is 9.80 Å². The van der Waals surface area contributed by atoms with E-state index in [1.807, 2.05) is 24.6 Å². The van der Waals surface area contributed by atoms with Crippen LogP contribution in [-0.2, 0) is 4.79 Å². The Morgan fingerprint density at radius 1 is 1.43 bits per heavy atom. The average Bonchev–Trinajstić information content (AvgIpc) is 3.05. The van der Waals surface area contributed by atoms with Crippen LogP contribution in [-0.4, -0.2) is 47.8 Å². The number of carbonyl (C=O) groups is 2. The van der Waals surface area contributed by atoms with Crippen LogP contribution in [0.25, 0.3) is 0 Å². The number of thiophene rings is 1. The van der Waals surface area contributed by atoms with Crippen molar-refractivity contribution in [1.82, 2.24) is 9.80 Å².